The van der Waals surface area contributed by atoms with Crippen LogP contribution in [0.25, 0.3) is 0 Å². The smallest absolute Gasteiger partial charge is 0.0815 e. The van der Waals surface area contributed by atoms with Gasteiger partial charge in [-0.15, -0.1) is 0 Å². The van der Waals surface area contributed by atoms with Crippen LogP contribution in [0.2, 0.25) is 0 Å². The lowest BCUT2D eigenvalue weighted by atomic mass is 9.94. The second kappa shape index (κ2) is 5.66. The summed E-state index contributed by atoms with van der Waals surface area (Å²) in [4.78, 5) is 0. The predicted molar refractivity (Wildman–Crippen MR) is 54.3 cm³/mol. The zero-order valence-corrected chi connectivity index (χ0v) is 9.08. The molecule has 14 heavy (non-hydrogen) atoms. The molecule has 0 aromatic rings. The number of aliphatic hydroxyl groups is 1. The summed E-state index contributed by atoms with van der Waals surface area (Å²) in [6.07, 6.45) is 1.44. The molecule has 1 saturated heterocycles. The Kier molecular flexibility index (Phi) is 4.81. The summed E-state index contributed by atoms with van der Waals surface area (Å²) in [5.41, 5.74) is -0.583. The highest BCUT2D eigenvalue weighted by atomic mass is 16.5. The maximum absolute atomic E-state index is 10.1. The van der Waals surface area contributed by atoms with Crippen molar-refractivity contribution < 1.29 is 14.6 Å². The van der Waals surface area contributed by atoms with Gasteiger partial charge < -0.3 is 19.9 Å². The zero-order valence-electron chi connectivity index (χ0n) is 9.08. The Hall–Kier alpha value is -0.160. The first-order valence-electron chi connectivity index (χ1n) is 5.19. The first-order chi connectivity index (χ1) is 6.66. The normalized spacial score (nSPS) is 23.4. The van der Waals surface area contributed by atoms with E-state index in [9.17, 15) is 5.11 Å². The third kappa shape index (κ3) is 3.92. The standard InChI is InChI=1S/C10H21NO3/c1-9(7-13-2)11-8-10(12)3-5-14-6-4-10/h9,11-12H,3-8H2,1-2H3. The van der Waals surface area contributed by atoms with E-state index in [1.807, 2.05) is 6.92 Å². The van der Waals surface area contributed by atoms with Gasteiger partial charge in [0.1, 0.15) is 0 Å². The van der Waals surface area contributed by atoms with E-state index in [2.05, 4.69) is 5.32 Å². The van der Waals surface area contributed by atoms with E-state index in [0.29, 0.717) is 26.4 Å². The third-order valence-corrected chi connectivity index (χ3v) is 2.62. The van der Waals surface area contributed by atoms with Crippen LogP contribution in [0.4, 0.5) is 0 Å². The molecule has 1 unspecified atom stereocenters. The Bertz CT molecular complexity index is 157. The highest BCUT2D eigenvalue weighted by Gasteiger charge is 2.29. The SMILES string of the molecule is COCC(C)NCC1(O)CCOCC1. The highest BCUT2D eigenvalue weighted by molar-refractivity contribution is 4.84. The number of hydrogen-bond acceptors (Lipinski definition) is 4. The Morgan fingerprint density at radius 2 is 2.14 bits per heavy atom. The maximum atomic E-state index is 10.1. The summed E-state index contributed by atoms with van der Waals surface area (Å²) in [6.45, 7) is 4.67. The van der Waals surface area contributed by atoms with Gasteiger partial charge in [-0.05, 0) is 6.92 Å². The van der Waals surface area contributed by atoms with Crippen LogP contribution in [0.1, 0.15) is 19.8 Å². The van der Waals surface area contributed by atoms with Crippen molar-refractivity contribution >= 4 is 0 Å². The molecule has 0 aliphatic carbocycles. The quantitative estimate of drug-likeness (QED) is 0.668. The van der Waals surface area contributed by atoms with Crippen LogP contribution < -0.4 is 5.32 Å². The van der Waals surface area contributed by atoms with Gasteiger partial charge in [-0.3, -0.25) is 0 Å². The van der Waals surface area contributed by atoms with Crippen LogP contribution in [0.5, 0.6) is 0 Å². The van der Waals surface area contributed by atoms with Crippen molar-refractivity contribution in [3.05, 3.63) is 0 Å². The van der Waals surface area contributed by atoms with Crippen molar-refractivity contribution in [3.8, 4) is 0 Å². The Morgan fingerprint density at radius 1 is 1.50 bits per heavy atom. The van der Waals surface area contributed by atoms with Crippen molar-refractivity contribution in [1.82, 2.24) is 5.32 Å². The fraction of sp³-hybridized carbons (Fsp3) is 1.00. The first-order valence-corrected chi connectivity index (χ1v) is 5.19. The lowest BCUT2D eigenvalue weighted by Crippen LogP contribution is -2.48. The second-order valence-electron chi connectivity index (χ2n) is 4.07. The van der Waals surface area contributed by atoms with Crippen LogP contribution >= 0.6 is 0 Å². The van der Waals surface area contributed by atoms with E-state index in [4.69, 9.17) is 9.47 Å². The van der Waals surface area contributed by atoms with Crippen LogP contribution in [0.15, 0.2) is 0 Å². The summed E-state index contributed by atoms with van der Waals surface area (Å²) < 4.78 is 10.2. The van der Waals surface area contributed by atoms with Gasteiger partial charge in [0, 0.05) is 45.8 Å². The van der Waals surface area contributed by atoms with E-state index in [1.54, 1.807) is 7.11 Å². The Labute approximate surface area is 85.6 Å². The molecule has 1 aliphatic rings. The Balaban J connectivity index is 2.21. The molecule has 0 radical (unpaired) electrons. The summed E-state index contributed by atoms with van der Waals surface area (Å²) in [5.74, 6) is 0. The van der Waals surface area contributed by atoms with Gasteiger partial charge in [-0.1, -0.05) is 0 Å². The molecule has 84 valence electrons. The molecule has 2 N–H and O–H groups in total. The number of methoxy groups -OCH3 is 1. The minimum atomic E-state index is -0.583. The van der Waals surface area contributed by atoms with E-state index in [-0.39, 0.29) is 6.04 Å². The summed E-state index contributed by atoms with van der Waals surface area (Å²) >= 11 is 0. The molecule has 0 aromatic heterocycles. The maximum Gasteiger partial charge on any atom is 0.0815 e. The third-order valence-electron chi connectivity index (χ3n) is 2.62. The lowest BCUT2D eigenvalue weighted by molar-refractivity contribution is -0.0633. The van der Waals surface area contributed by atoms with Crippen molar-refractivity contribution in [3.63, 3.8) is 0 Å². The number of nitrogens with one attached hydrogen (secondary N) is 1. The molecule has 0 amide bonds. The van der Waals surface area contributed by atoms with E-state index in [1.165, 1.54) is 0 Å². The molecule has 1 atom stereocenters. The number of rotatable bonds is 5. The van der Waals surface area contributed by atoms with Gasteiger partial charge in [0.15, 0.2) is 0 Å². The molecule has 4 heteroatoms. The molecule has 0 spiro atoms. The Morgan fingerprint density at radius 3 is 2.71 bits per heavy atom. The molecular formula is C10H21NO3. The molecular weight excluding hydrogens is 182 g/mol. The van der Waals surface area contributed by atoms with E-state index in [0.717, 1.165) is 12.8 Å². The monoisotopic (exact) mass is 203 g/mol. The molecule has 1 fully saturated rings. The average Bonchev–Trinajstić information content (AvgIpc) is 2.17. The van der Waals surface area contributed by atoms with Gasteiger partial charge >= 0.3 is 0 Å². The summed E-state index contributed by atoms with van der Waals surface area (Å²) in [7, 11) is 1.68. The molecule has 0 aromatic carbocycles. The molecule has 0 bridgehead atoms. The van der Waals surface area contributed by atoms with E-state index < -0.39 is 5.60 Å². The van der Waals surface area contributed by atoms with Gasteiger partial charge in [-0.25, -0.2) is 0 Å². The number of ether oxygens (including phenoxy) is 2. The molecule has 1 heterocycles. The minimum absolute atomic E-state index is 0.284. The average molecular weight is 203 g/mol. The second-order valence-corrected chi connectivity index (χ2v) is 4.07. The topological polar surface area (TPSA) is 50.7 Å². The van der Waals surface area contributed by atoms with Crippen molar-refractivity contribution in [2.24, 2.45) is 0 Å². The zero-order chi connectivity index (χ0) is 10.4. The van der Waals surface area contributed by atoms with Crippen molar-refractivity contribution in [2.45, 2.75) is 31.4 Å². The highest BCUT2D eigenvalue weighted by Crippen LogP contribution is 2.19. The summed E-state index contributed by atoms with van der Waals surface area (Å²) in [6, 6.07) is 0.284. The number of hydrogen-bond donors (Lipinski definition) is 2. The fourth-order valence-electron chi connectivity index (χ4n) is 1.60. The van der Waals surface area contributed by atoms with Gasteiger partial charge in [0.25, 0.3) is 0 Å². The largest absolute Gasteiger partial charge is 0.388 e. The van der Waals surface area contributed by atoms with Crippen LogP contribution in [0.3, 0.4) is 0 Å². The van der Waals surface area contributed by atoms with Gasteiger partial charge in [-0.2, -0.15) is 0 Å². The van der Waals surface area contributed by atoms with Crippen molar-refractivity contribution in [1.29, 1.82) is 0 Å². The molecule has 1 rings (SSSR count). The van der Waals surface area contributed by atoms with E-state index >= 15 is 0 Å². The van der Waals surface area contributed by atoms with Gasteiger partial charge in [0.2, 0.25) is 0 Å². The van der Waals surface area contributed by atoms with Crippen molar-refractivity contribution in [2.75, 3.05) is 33.5 Å². The molecule has 4 nitrogen and oxygen atoms in total. The van der Waals surface area contributed by atoms with Crippen LogP contribution in [-0.4, -0.2) is 50.2 Å². The van der Waals surface area contributed by atoms with Crippen LogP contribution in [0, 0.1) is 0 Å². The summed E-state index contributed by atoms with van der Waals surface area (Å²) in [5, 5.41) is 13.4. The first kappa shape index (κ1) is 11.9. The van der Waals surface area contributed by atoms with Gasteiger partial charge in [0.05, 0.1) is 12.2 Å². The van der Waals surface area contributed by atoms with Crippen LogP contribution in [-0.2, 0) is 9.47 Å². The predicted octanol–water partition coefficient (Wildman–Crippen LogP) is 0.152. The minimum Gasteiger partial charge on any atom is -0.388 e. The molecule has 0 saturated carbocycles. The fourth-order valence-corrected chi connectivity index (χ4v) is 1.60. The lowest BCUT2D eigenvalue weighted by Gasteiger charge is -2.33. The molecule has 1 aliphatic heterocycles.